The van der Waals surface area contributed by atoms with E-state index < -0.39 is 0 Å². The summed E-state index contributed by atoms with van der Waals surface area (Å²) < 4.78 is 23.4. The number of methoxy groups -OCH3 is 4. The molecular formula is C22H21N3O5S. The number of rotatable bonds is 7. The van der Waals surface area contributed by atoms with E-state index in [0.717, 1.165) is 11.1 Å². The lowest BCUT2D eigenvalue weighted by molar-refractivity contribution is 0.324. The van der Waals surface area contributed by atoms with Crippen LogP contribution in [0, 0.1) is 0 Å². The fraction of sp³-hybridized carbons (Fsp3) is 0.227. The van der Waals surface area contributed by atoms with Crippen LogP contribution in [0.1, 0.15) is 17.0 Å². The van der Waals surface area contributed by atoms with Crippen molar-refractivity contribution in [2.75, 3.05) is 28.4 Å². The molecule has 2 aromatic heterocycles. The van der Waals surface area contributed by atoms with Gasteiger partial charge >= 0.3 is 0 Å². The molecule has 4 aromatic rings. The maximum atomic E-state index is 12.8. The summed E-state index contributed by atoms with van der Waals surface area (Å²) in [5, 5.41) is 4.41. The summed E-state index contributed by atoms with van der Waals surface area (Å²) >= 11 is 1.29. The van der Waals surface area contributed by atoms with E-state index in [1.807, 2.05) is 36.4 Å². The van der Waals surface area contributed by atoms with Crippen LogP contribution in [0.2, 0.25) is 0 Å². The molecule has 9 heteroatoms. The second-order valence-corrected chi connectivity index (χ2v) is 7.60. The first-order chi connectivity index (χ1) is 15.1. The Balaban J connectivity index is 1.69. The highest BCUT2D eigenvalue weighted by Crippen LogP contribution is 2.38. The minimum Gasteiger partial charge on any atom is -0.496 e. The van der Waals surface area contributed by atoms with Crippen LogP contribution in [-0.2, 0) is 6.42 Å². The van der Waals surface area contributed by atoms with Crippen LogP contribution in [0.3, 0.4) is 0 Å². The molecule has 0 atom stereocenters. The first-order valence-corrected chi connectivity index (χ1v) is 10.2. The molecule has 0 spiro atoms. The smallest absolute Gasteiger partial charge is 0.291 e. The Kier molecular flexibility index (Phi) is 5.77. The molecule has 2 aromatic carbocycles. The van der Waals surface area contributed by atoms with Gasteiger partial charge in [0.1, 0.15) is 5.75 Å². The van der Waals surface area contributed by atoms with Crippen molar-refractivity contribution in [1.29, 1.82) is 0 Å². The lowest BCUT2D eigenvalue weighted by Gasteiger charge is -2.13. The Morgan fingerprint density at radius 3 is 2.26 bits per heavy atom. The van der Waals surface area contributed by atoms with Crippen molar-refractivity contribution in [1.82, 2.24) is 14.6 Å². The molecule has 0 aliphatic heterocycles. The van der Waals surface area contributed by atoms with E-state index in [0.29, 0.717) is 44.7 Å². The molecule has 0 unspecified atom stereocenters. The van der Waals surface area contributed by atoms with E-state index in [2.05, 4.69) is 10.1 Å². The normalized spacial score (nSPS) is 11.7. The zero-order valence-corrected chi connectivity index (χ0v) is 18.4. The lowest BCUT2D eigenvalue weighted by Crippen LogP contribution is -2.23. The average Bonchev–Trinajstić information content (AvgIpc) is 3.31. The van der Waals surface area contributed by atoms with E-state index in [1.54, 1.807) is 34.5 Å². The third-order valence-electron chi connectivity index (χ3n) is 4.74. The predicted octanol–water partition coefficient (Wildman–Crippen LogP) is 2.32. The monoisotopic (exact) mass is 439 g/mol. The molecule has 0 aliphatic rings. The quantitative estimate of drug-likeness (QED) is 0.437. The van der Waals surface area contributed by atoms with Crippen molar-refractivity contribution in [2.24, 2.45) is 0 Å². The molecule has 0 radical (unpaired) electrons. The number of hydrogen-bond donors (Lipinski definition) is 0. The molecule has 0 aliphatic carbocycles. The topological polar surface area (TPSA) is 84.2 Å². The first kappa shape index (κ1) is 20.7. The van der Waals surface area contributed by atoms with E-state index in [-0.39, 0.29) is 5.56 Å². The van der Waals surface area contributed by atoms with Crippen LogP contribution in [0.25, 0.3) is 11.0 Å². The summed E-state index contributed by atoms with van der Waals surface area (Å²) in [6, 6.07) is 11.2. The van der Waals surface area contributed by atoms with Crippen molar-refractivity contribution >= 4 is 22.4 Å². The fourth-order valence-corrected chi connectivity index (χ4v) is 4.21. The average molecular weight is 439 g/mol. The third kappa shape index (κ3) is 3.91. The molecule has 0 N–H and O–H groups in total. The van der Waals surface area contributed by atoms with Crippen molar-refractivity contribution in [2.45, 2.75) is 6.42 Å². The number of ether oxygens (including phenoxy) is 4. The first-order valence-electron chi connectivity index (χ1n) is 9.40. The van der Waals surface area contributed by atoms with Crippen molar-refractivity contribution in [3.05, 3.63) is 68.2 Å². The SMILES string of the molecule is COc1ccccc1/C=c1\sc2nc(Cc3cc(OC)c(OC)c(OC)c3)nn2c1=O. The Morgan fingerprint density at radius 1 is 0.968 bits per heavy atom. The van der Waals surface area contributed by atoms with Crippen LogP contribution in [0.15, 0.2) is 41.2 Å². The van der Waals surface area contributed by atoms with Gasteiger partial charge in [-0.1, -0.05) is 29.5 Å². The predicted molar refractivity (Wildman–Crippen MR) is 118 cm³/mol. The lowest BCUT2D eigenvalue weighted by atomic mass is 10.1. The molecule has 8 nitrogen and oxygen atoms in total. The van der Waals surface area contributed by atoms with E-state index >= 15 is 0 Å². The van der Waals surface area contributed by atoms with Crippen molar-refractivity contribution in [3.63, 3.8) is 0 Å². The second-order valence-electron chi connectivity index (χ2n) is 6.59. The molecule has 160 valence electrons. The van der Waals surface area contributed by atoms with Crippen LogP contribution in [0.5, 0.6) is 23.0 Å². The van der Waals surface area contributed by atoms with Crippen LogP contribution < -0.4 is 29.0 Å². The van der Waals surface area contributed by atoms with Gasteiger partial charge < -0.3 is 18.9 Å². The number of para-hydroxylation sites is 1. The minimum absolute atomic E-state index is 0.213. The molecular weight excluding hydrogens is 418 g/mol. The number of thiazole rings is 1. The summed E-state index contributed by atoms with van der Waals surface area (Å²) in [6.07, 6.45) is 2.21. The van der Waals surface area contributed by atoms with Crippen molar-refractivity contribution in [3.8, 4) is 23.0 Å². The number of hydrogen-bond acceptors (Lipinski definition) is 8. The van der Waals surface area contributed by atoms with E-state index in [1.165, 1.54) is 15.9 Å². The Morgan fingerprint density at radius 2 is 1.65 bits per heavy atom. The van der Waals surface area contributed by atoms with E-state index in [9.17, 15) is 4.79 Å². The third-order valence-corrected chi connectivity index (χ3v) is 5.70. The second kappa shape index (κ2) is 8.65. The molecule has 0 saturated carbocycles. The molecule has 0 saturated heterocycles. The highest BCUT2D eigenvalue weighted by Gasteiger charge is 2.16. The van der Waals surface area contributed by atoms with Crippen LogP contribution >= 0.6 is 11.3 Å². The van der Waals surface area contributed by atoms with Gasteiger partial charge in [0.05, 0.1) is 33.0 Å². The number of aromatic nitrogens is 3. The zero-order valence-electron chi connectivity index (χ0n) is 17.5. The minimum atomic E-state index is -0.213. The largest absolute Gasteiger partial charge is 0.496 e. The van der Waals surface area contributed by atoms with Crippen LogP contribution in [0.4, 0.5) is 0 Å². The highest BCUT2D eigenvalue weighted by molar-refractivity contribution is 7.15. The van der Waals surface area contributed by atoms with Gasteiger partial charge in [-0.15, -0.1) is 5.10 Å². The molecule has 2 heterocycles. The van der Waals surface area contributed by atoms with E-state index in [4.69, 9.17) is 18.9 Å². The summed E-state index contributed by atoms with van der Waals surface area (Å²) in [4.78, 5) is 17.9. The van der Waals surface area contributed by atoms with Gasteiger partial charge in [-0.2, -0.15) is 4.52 Å². The molecule has 0 amide bonds. The maximum absolute atomic E-state index is 12.8. The van der Waals surface area contributed by atoms with Gasteiger partial charge in [-0.05, 0) is 29.8 Å². The Hall–Kier alpha value is -3.59. The summed E-state index contributed by atoms with van der Waals surface area (Å²) in [5.41, 5.74) is 1.49. The standard InChI is InChI=1S/C22H21N3O5S/c1-27-15-8-6-5-7-14(15)12-18-21(26)25-22(31-18)23-19(24-25)11-13-9-16(28-2)20(30-4)17(10-13)29-3/h5-10,12H,11H2,1-4H3/b18-12-. The summed E-state index contributed by atoms with van der Waals surface area (Å²) in [6.45, 7) is 0. The maximum Gasteiger partial charge on any atom is 0.291 e. The fourth-order valence-electron chi connectivity index (χ4n) is 3.30. The number of nitrogens with zero attached hydrogens (tertiary/aromatic N) is 3. The molecule has 0 bridgehead atoms. The van der Waals surface area contributed by atoms with Gasteiger partial charge in [0.2, 0.25) is 10.7 Å². The van der Waals surface area contributed by atoms with Gasteiger partial charge in [-0.3, -0.25) is 4.79 Å². The highest BCUT2D eigenvalue weighted by atomic mass is 32.1. The van der Waals surface area contributed by atoms with Gasteiger partial charge in [-0.25, -0.2) is 4.98 Å². The summed E-state index contributed by atoms with van der Waals surface area (Å²) in [5.74, 6) is 2.85. The summed E-state index contributed by atoms with van der Waals surface area (Å²) in [7, 11) is 6.29. The number of fused-ring (bicyclic) bond motifs is 1. The van der Waals surface area contributed by atoms with Gasteiger partial charge in [0.25, 0.3) is 5.56 Å². The van der Waals surface area contributed by atoms with Crippen LogP contribution in [-0.4, -0.2) is 43.0 Å². The Bertz CT molecular complexity index is 1320. The number of benzene rings is 2. The Labute approximate surface area is 182 Å². The molecule has 4 rings (SSSR count). The van der Waals surface area contributed by atoms with Gasteiger partial charge in [0, 0.05) is 12.0 Å². The molecule has 31 heavy (non-hydrogen) atoms. The zero-order chi connectivity index (χ0) is 22.0. The van der Waals surface area contributed by atoms with Gasteiger partial charge in [0.15, 0.2) is 17.3 Å². The molecule has 0 fully saturated rings. The van der Waals surface area contributed by atoms with Crippen molar-refractivity contribution < 1.29 is 18.9 Å².